The number of methoxy groups -OCH3 is 1. The number of likely N-dealkylation sites (N-methyl/N-ethyl adjacent to an activating group) is 1. The van der Waals surface area contributed by atoms with E-state index in [1.807, 2.05) is 0 Å². The standard InChI is InChI=1S/C11H21BrN2O2/c1-8(14(2)9-4-5-9)6-13-7-10(12)11(15)16-3/h8-10,13H,4-7H2,1-3H3. The Balaban J connectivity index is 2.11. The number of nitrogens with zero attached hydrogens (tertiary/aromatic N) is 1. The molecular weight excluding hydrogens is 272 g/mol. The maximum absolute atomic E-state index is 11.1. The third kappa shape index (κ3) is 4.39. The summed E-state index contributed by atoms with van der Waals surface area (Å²) >= 11 is 3.28. The van der Waals surface area contributed by atoms with E-state index in [9.17, 15) is 4.79 Å². The van der Waals surface area contributed by atoms with Crippen LogP contribution in [0.2, 0.25) is 0 Å². The number of rotatable bonds is 7. The fourth-order valence-corrected chi connectivity index (χ4v) is 2.03. The molecule has 0 amide bonds. The van der Waals surface area contributed by atoms with Crippen LogP contribution < -0.4 is 5.32 Å². The van der Waals surface area contributed by atoms with Crippen LogP contribution in [0, 0.1) is 0 Å². The number of nitrogens with one attached hydrogen (secondary N) is 1. The van der Waals surface area contributed by atoms with E-state index in [2.05, 4.69) is 44.9 Å². The fraction of sp³-hybridized carbons (Fsp3) is 0.909. The van der Waals surface area contributed by atoms with Gasteiger partial charge in [0.05, 0.1) is 7.11 Å². The molecule has 5 heteroatoms. The lowest BCUT2D eigenvalue weighted by Crippen LogP contribution is -2.41. The average molecular weight is 293 g/mol. The van der Waals surface area contributed by atoms with Gasteiger partial charge in [-0.3, -0.25) is 9.69 Å². The Hall–Kier alpha value is -0.130. The summed E-state index contributed by atoms with van der Waals surface area (Å²) in [6.07, 6.45) is 2.65. The van der Waals surface area contributed by atoms with Gasteiger partial charge in [-0.1, -0.05) is 15.9 Å². The van der Waals surface area contributed by atoms with Gasteiger partial charge in [0.25, 0.3) is 0 Å². The summed E-state index contributed by atoms with van der Waals surface area (Å²) in [6, 6.07) is 1.28. The lowest BCUT2D eigenvalue weighted by atomic mass is 10.3. The smallest absolute Gasteiger partial charge is 0.320 e. The maximum atomic E-state index is 11.1. The van der Waals surface area contributed by atoms with Crippen molar-refractivity contribution in [3.63, 3.8) is 0 Å². The van der Waals surface area contributed by atoms with Gasteiger partial charge in [-0.25, -0.2) is 0 Å². The first-order chi connectivity index (χ1) is 7.56. The van der Waals surface area contributed by atoms with Gasteiger partial charge in [0, 0.05) is 25.2 Å². The van der Waals surface area contributed by atoms with Crippen molar-refractivity contribution in [1.29, 1.82) is 0 Å². The van der Waals surface area contributed by atoms with Crippen molar-refractivity contribution in [3.05, 3.63) is 0 Å². The molecule has 0 spiro atoms. The van der Waals surface area contributed by atoms with E-state index >= 15 is 0 Å². The lowest BCUT2D eigenvalue weighted by Gasteiger charge is -2.25. The van der Waals surface area contributed by atoms with E-state index in [1.54, 1.807) is 0 Å². The van der Waals surface area contributed by atoms with Gasteiger partial charge in [0.2, 0.25) is 0 Å². The molecule has 1 N–H and O–H groups in total. The molecule has 1 rings (SSSR count). The average Bonchev–Trinajstić information content (AvgIpc) is 3.10. The van der Waals surface area contributed by atoms with Crippen molar-refractivity contribution < 1.29 is 9.53 Å². The van der Waals surface area contributed by atoms with Crippen LogP contribution in [0.5, 0.6) is 0 Å². The number of carbonyl (C=O) groups excluding carboxylic acids is 1. The molecule has 0 radical (unpaired) electrons. The van der Waals surface area contributed by atoms with Crippen LogP contribution in [0.4, 0.5) is 0 Å². The second-order valence-electron chi connectivity index (χ2n) is 4.39. The summed E-state index contributed by atoms with van der Waals surface area (Å²) in [7, 11) is 3.57. The predicted molar refractivity (Wildman–Crippen MR) is 67.8 cm³/mol. The van der Waals surface area contributed by atoms with Crippen molar-refractivity contribution in [1.82, 2.24) is 10.2 Å². The SMILES string of the molecule is COC(=O)C(Br)CNCC(C)N(C)C1CC1. The van der Waals surface area contributed by atoms with Gasteiger partial charge in [0.15, 0.2) is 0 Å². The second-order valence-corrected chi connectivity index (χ2v) is 5.50. The zero-order valence-corrected chi connectivity index (χ0v) is 11.8. The number of alkyl halides is 1. The van der Waals surface area contributed by atoms with Crippen LogP contribution in [-0.2, 0) is 9.53 Å². The van der Waals surface area contributed by atoms with E-state index in [0.29, 0.717) is 12.6 Å². The van der Waals surface area contributed by atoms with Crippen LogP contribution >= 0.6 is 15.9 Å². The largest absolute Gasteiger partial charge is 0.468 e. The fourth-order valence-electron chi connectivity index (χ4n) is 1.62. The van der Waals surface area contributed by atoms with E-state index in [4.69, 9.17) is 0 Å². The molecule has 4 nitrogen and oxygen atoms in total. The number of carbonyl (C=O) groups is 1. The molecular formula is C11H21BrN2O2. The van der Waals surface area contributed by atoms with Gasteiger partial charge in [-0.2, -0.15) is 0 Å². The quantitative estimate of drug-likeness (QED) is 0.561. The van der Waals surface area contributed by atoms with Crippen LogP contribution in [0.3, 0.4) is 0 Å². The molecule has 94 valence electrons. The zero-order chi connectivity index (χ0) is 12.1. The van der Waals surface area contributed by atoms with Crippen molar-refractivity contribution in [2.45, 2.75) is 36.7 Å². The van der Waals surface area contributed by atoms with E-state index in [-0.39, 0.29) is 10.8 Å². The summed E-state index contributed by atoms with van der Waals surface area (Å²) in [5.74, 6) is -0.226. The normalized spacial score (nSPS) is 19.6. The lowest BCUT2D eigenvalue weighted by molar-refractivity contribution is -0.139. The molecule has 0 bridgehead atoms. The molecule has 0 aromatic carbocycles. The monoisotopic (exact) mass is 292 g/mol. The van der Waals surface area contributed by atoms with Gasteiger partial charge in [0.1, 0.15) is 4.83 Å². The first-order valence-corrected chi connectivity index (χ1v) is 6.62. The molecule has 1 fully saturated rings. The Morgan fingerprint density at radius 2 is 2.19 bits per heavy atom. The van der Waals surface area contributed by atoms with Gasteiger partial charge in [-0.05, 0) is 26.8 Å². The Kier molecular flexibility index (Phi) is 5.72. The Labute approximate surface area is 106 Å². The highest BCUT2D eigenvalue weighted by molar-refractivity contribution is 9.10. The number of ether oxygens (including phenoxy) is 1. The number of halogens is 1. The first-order valence-electron chi connectivity index (χ1n) is 5.70. The van der Waals surface area contributed by atoms with Crippen molar-refractivity contribution in [2.24, 2.45) is 0 Å². The van der Waals surface area contributed by atoms with Crippen LogP contribution in [-0.4, -0.2) is 55.0 Å². The maximum Gasteiger partial charge on any atom is 0.320 e. The Morgan fingerprint density at radius 3 is 2.69 bits per heavy atom. The molecule has 1 aliphatic carbocycles. The van der Waals surface area contributed by atoms with Gasteiger partial charge in [-0.15, -0.1) is 0 Å². The topological polar surface area (TPSA) is 41.6 Å². The molecule has 2 unspecified atom stereocenters. The molecule has 0 saturated heterocycles. The number of esters is 1. The highest BCUT2D eigenvalue weighted by Gasteiger charge is 2.28. The van der Waals surface area contributed by atoms with E-state index < -0.39 is 0 Å². The summed E-state index contributed by atoms with van der Waals surface area (Å²) in [4.78, 5) is 13.3. The Morgan fingerprint density at radius 1 is 1.56 bits per heavy atom. The molecule has 1 aliphatic rings. The number of hydrogen-bond donors (Lipinski definition) is 1. The Bertz CT molecular complexity index is 234. The first kappa shape index (κ1) is 13.9. The van der Waals surface area contributed by atoms with Gasteiger partial charge < -0.3 is 10.1 Å². The molecule has 0 aliphatic heterocycles. The minimum absolute atomic E-state index is 0.226. The van der Waals surface area contributed by atoms with Gasteiger partial charge >= 0.3 is 5.97 Å². The summed E-state index contributed by atoms with van der Waals surface area (Å²) < 4.78 is 4.63. The van der Waals surface area contributed by atoms with Crippen molar-refractivity contribution in [3.8, 4) is 0 Å². The predicted octanol–water partition coefficient (Wildman–Crippen LogP) is 0.995. The van der Waals surface area contributed by atoms with E-state index in [0.717, 1.165) is 12.6 Å². The molecule has 0 heterocycles. The minimum atomic E-state index is -0.254. The molecule has 0 aromatic heterocycles. The molecule has 1 saturated carbocycles. The summed E-state index contributed by atoms with van der Waals surface area (Å²) in [5, 5.41) is 3.27. The second kappa shape index (κ2) is 6.57. The van der Waals surface area contributed by atoms with Crippen molar-refractivity contribution >= 4 is 21.9 Å². The molecule has 16 heavy (non-hydrogen) atoms. The summed E-state index contributed by atoms with van der Waals surface area (Å²) in [5.41, 5.74) is 0. The molecule has 2 atom stereocenters. The zero-order valence-electron chi connectivity index (χ0n) is 10.2. The van der Waals surface area contributed by atoms with Crippen LogP contribution in [0.25, 0.3) is 0 Å². The highest BCUT2D eigenvalue weighted by atomic mass is 79.9. The third-order valence-electron chi connectivity index (χ3n) is 3.04. The van der Waals surface area contributed by atoms with Crippen molar-refractivity contribution in [2.75, 3.05) is 27.2 Å². The van der Waals surface area contributed by atoms with E-state index in [1.165, 1.54) is 20.0 Å². The summed E-state index contributed by atoms with van der Waals surface area (Å²) in [6.45, 7) is 3.70. The number of hydrogen-bond acceptors (Lipinski definition) is 4. The third-order valence-corrected chi connectivity index (χ3v) is 3.74. The highest BCUT2D eigenvalue weighted by Crippen LogP contribution is 2.26. The van der Waals surface area contributed by atoms with Crippen LogP contribution in [0.15, 0.2) is 0 Å². The van der Waals surface area contributed by atoms with Crippen LogP contribution in [0.1, 0.15) is 19.8 Å². The molecule has 0 aromatic rings. The minimum Gasteiger partial charge on any atom is -0.468 e.